The quantitative estimate of drug-likeness (QED) is 0.742. The molecule has 2 aromatic carbocycles. The Morgan fingerprint density at radius 1 is 1.07 bits per heavy atom. The number of anilines is 1. The number of hydrogen-bond acceptors (Lipinski definition) is 4. The molecule has 3 rings (SSSR count). The highest BCUT2D eigenvalue weighted by Crippen LogP contribution is 2.26. The van der Waals surface area contributed by atoms with Crippen LogP contribution in [0.1, 0.15) is 11.1 Å². The van der Waals surface area contributed by atoms with Gasteiger partial charge >= 0.3 is 0 Å². The van der Waals surface area contributed by atoms with Gasteiger partial charge in [-0.25, -0.2) is 8.42 Å². The predicted octanol–water partition coefficient (Wildman–Crippen LogP) is 3.01. The second-order valence-electron chi connectivity index (χ2n) is 6.73. The summed E-state index contributed by atoms with van der Waals surface area (Å²) in [5, 5.41) is 0.445. The first kappa shape index (κ1) is 20.6. The van der Waals surface area contributed by atoms with E-state index in [2.05, 4.69) is 0 Å². The minimum Gasteiger partial charge on any atom is -0.378 e. The number of halogens is 1. The lowest BCUT2D eigenvalue weighted by Gasteiger charge is -2.30. The lowest BCUT2D eigenvalue weighted by Crippen LogP contribution is -2.47. The van der Waals surface area contributed by atoms with Crippen molar-refractivity contribution < 1.29 is 17.9 Å². The molecule has 0 unspecified atom stereocenters. The topological polar surface area (TPSA) is 66.9 Å². The van der Waals surface area contributed by atoms with Gasteiger partial charge in [-0.05, 0) is 61.4 Å². The van der Waals surface area contributed by atoms with Gasteiger partial charge in [0.15, 0.2) is 0 Å². The molecular weight excluding hydrogens is 400 g/mol. The zero-order chi connectivity index (χ0) is 20.3. The molecule has 0 radical (unpaired) electrons. The lowest BCUT2D eigenvalue weighted by atomic mass is 10.1. The molecule has 8 heteroatoms. The molecular formula is C20H23ClN2O4S. The Morgan fingerprint density at radius 2 is 1.71 bits per heavy atom. The van der Waals surface area contributed by atoms with E-state index in [-0.39, 0.29) is 17.3 Å². The standard InChI is InChI=1S/C20H23ClN2O4S/c1-15-3-6-18(13-16(15)2)23(14-20(24)22-9-11-27-12-10-22)28(25,26)19-7-4-17(21)5-8-19/h3-8,13H,9-12,14H2,1-2H3. The van der Waals surface area contributed by atoms with E-state index in [1.807, 2.05) is 19.9 Å². The molecule has 0 aliphatic carbocycles. The van der Waals surface area contributed by atoms with E-state index in [1.54, 1.807) is 17.0 Å². The van der Waals surface area contributed by atoms with E-state index in [1.165, 1.54) is 28.6 Å². The van der Waals surface area contributed by atoms with Gasteiger partial charge in [-0.15, -0.1) is 0 Å². The summed E-state index contributed by atoms with van der Waals surface area (Å²) in [5.41, 5.74) is 2.46. The van der Waals surface area contributed by atoms with Crippen LogP contribution in [0.15, 0.2) is 47.4 Å². The number of rotatable bonds is 5. The third-order valence-corrected chi connectivity index (χ3v) is 6.86. The molecule has 1 saturated heterocycles. The van der Waals surface area contributed by atoms with E-state index in [0.29, 0.717) is 37.0 Å². The molecule has 0 bridgehead atoms. The predicted molar refractivity (Wildman–Crippen MR) is 109 cm³/mol. The molecule has 0 N–H and O–H groups in total. The number of benzene rings is 2. The zero-order valence-electron chi connectivity index (χ0n) is 15.9. The Bertz CT molecular complexity index is 955. The van der Waals surface area contributed by atoms with E-state index >= 15 is 0 Å². The van der Waals surface area contributed by atoms with Crippen molar-refractivity contribution in [3.8, 4) is 0 Å². The fourth-order valence-corrected chi connectivity index (χ4v) is 4.50. The summed E-state index contributed by atoms with van der Waals surface area (Å²) < 4.78 is 33.1. The van der Waals surface area contributed by atoms with Crippen LogP contribution >= 0.6 is 11.6 Å². The molecule has 2 aromatic rings. The maximum atomic E-state index is 13.3. The minimum atomic E-state index is -3.94. The Kier molecular flexibility index (Phi) is 6.27. The van der Waals surface area contributed by atoms with Gasteiger partial charge in [0.25, 0.3) is 10.0 Å². The first-order valence-corrected chi connectivity index (χ1v) is 10.8. The molecule has 28 heavy (non-hydrogen) atoms. The highest BCUT2D eigenvalue weighted by atomic mass is 35.5. The minimum absolute atomic E-state index is 0.0879. The third-order valence-electron chi connectivity index (χ3n) is 4.82. The number of aryl methyl sites for hydroxylation is 2. The summed E-state index contributed by atoms with van der Waals surface area (Å²) in [6.07, 6.45) is 0. The average Bonchev–Trinajstić information content (AvgIpc) is 2.69. The third kappa shape index (κ3) is 4.48. The van der Waals surface area contributed by atoms with Crippen LogP contribution in [0.25, 0.3) is 0 Å². The maximum absolute atomic E-state index is 13.3. The summed E-state index contributed by atoms with van der Waals surface area (Å²) >= 11 is 5.90. The molecule has 1 heterocycles. The SMILES string of the molecule is Cc1ccc(N(CC(=O)N2CCOCC2)S(=O)(=O)c2ccc(Cl)cc2)cc1C. The Morgan fingerprint density at radius 3 is 2.32 bits per heavy atom. The number of carbonyl (C=O) groups is 1. The van der Waals surface area contributed by atoms with Gasteiger partial charge in [-0.3, -0.25) is 9.10 Å². The number of carbonyl (C=O) groups excluding carboxylic acids is 1. The van der Waals surface area contributed by atoms with Crippen LogP contribution in [-0.2, 0) is 19.6 Å². The van der Waals surface area contributed by atoms with Crippen LogP contribution in [0.3, 0.4) is 0 Å². The highest BCUT2D eigenvalue weighted by molar-refractivity contribution is 7.92. The van der Waals surface area contributed by atoms with Crippen molar-refractivity contribution in [3.05, 3.63) is 58.6 Å². The number of hydrogen-bond donors (Lipinski definition) is 0. The Labute approximate surface area is 170 Å². The summed E-state index contributed by atoms with van der Waals surface area (Å²) in [6.45, 7) is 5.43. The molecule has 1 aliphatic rings. The van der Waals surface area contributed by atoms with Crippen molar-refractivity contribution in [1.82, 2.24) is 4.90 Å². The van der Waals surface area contributed by atoms with E-state index in [0.717, 1.165) is 11.1 Å². The second-order valence-corrected chi connectivity index (χ2v) is 9.03. The van der Waals surface area contributed by atoms with Crippen LogP contribution in [0, 0.1) is 13.8 Å². The molecule has 0 spiro atoms. The Hall–Kier alpha value is -2.09. The van der Waals surface area contributed by atoms with Gasteiger partial charge < -0.3 is 9.64 Å². The second kappa shape index (κ2) is 8.51. The molecule has 6 nitrogen and oxygen atoms in total. The van der Waals surface area contributed by atoms with Gasteiger partial charge in [-0.1, -0.05) is 17.7 Å². The number of ether oxygens (including phenoxy) is 1. The van der Waals surface area contributed by atoms with Crippen LogP contribution in [0.4, 0.5) is 5.69 Å². The fraction of sp³-hybridized carbons (Fsp3) is 0.350. The average molecular weight is 423 g/mol. The summed E-state index contributed by atoms with van der Waals surface area (Å²) in [7, 11) is -3.94. The largest absolute Gasteiger partial charge is 0.378 e. The van der Waals surface area contributed by atoms with Crippen LogP contribution in [-0.4, -0.2) is 52.1 Å². The van der Waals surface area contributed by atoms with Gasteiger partial charge in [0, 0.05) is 18.1 Å². The molecule has 150 valence electrons. The Balaban J connectivity index is 1.99. The monoisotopic (exact) mass is 422 g/mol. The lowest BCUT2D eigenvalue weighted by molar-refractivity contribution is -0.133. The number of sulfonamides is 1. The molecule has 1 aliphatic heterocycles. The van der Waals surface area contributed by atoms with Crippen molar-refractivity contribution in [2.45, 2.75) is 18.7 Å². The molecule has 0 saturated carbocycles. The van der Waals surface area contributed by atoms with Crippen LogP contribution < -0.4 is 4.31 Å². The summed E-state index contributed by atoms with van der Waals surface area (Å²) in [5.74, 6) is -0.251. The van der Waals surface area contributed by atoms with E-state index in [9.17, 15) is 13.2 Å². The smallest absolute Gasteiger partial charge is 0.264 e. The van der Waals surface area contributed by atoms with Crippen molar-refractivity contribution in [3.63, 3.8) is 0 Å². The summed E-state index contributed by atoms with van der Waals surface area (Å²) in [4.78, 5) is 14.5. The van der Waals surface area contributed by atoms with E-state index in [4.69, 9.17) is 16.3 Å². The maximum Gasteiger partial charge on any atom is 0.264 e. The summed E-state index contributed by atoms with van der Waals surface area (Å²) in [6, 6.07) is 11.3. The van der Waals surface area contributed by atoms with Gasteiger partial charge in [-0.2, -0.15) is 0 Å². The van der Waals surface area contributed by atoms with Crippen molar-refractivity contribution in [1.29, 1.82) is 0 Å². The van der Waals surface area contributed by atoms with E-state index < -0.39 is 10.0 Å². The molecule has 0 atom stereocenters. The van der Waals surface area contributed by atoms with Crippen LogP contribution in [0.2, 0.25) is 5.02 Å². The normalized spacial score (nSPS) is 14.8. The first-order valence-electron chi connectivity index (χ1n) is 9.00. The zero-order valence-corrected chi connectivity index (χ0v) is 17.5. The van der Waals surface area contributed by atoms with Crippen LogP contribution in [0.5, 0.6) is 0 Å². The van der Waals surface area contributed by atoms with Gasteiger partial charge in [0.2, 0.25) is 5.91 Å². The molecule has 1 amide bonds. The van der Waals surface area contributed by atoms with Crippen molar-refractivity contribution in [2.75, 3.05) is 37.2 Å². The highest BCUT2D eigenvalue weighted by Gasteiger charge is 2.29. The number of amides is 1. The number of nitrogens with zero attached hydrogens (tertiary/aromatic N) is 2. The van der Waals surface area contributed by atoms with Gasteiger partial charge in [0.1, 0.15) is 6.54 Å². The van der Waals surface area contributed by atoms with Crippen molar-refractivity contribution in [2.24, 2.45) is 0 Å². The van der Waals surface area contributed by atoms with Gasteiger partial charge in [0.05, 0.1) is 23.8 Å². The number of morpholine rings is 1. The first-order chi connectivity index (χ1) is 13.3. The van der Waals surface area contributed by atoms with Crippen molar-refractivity contribution >= 4 is 33.2 Å². The molecule has 1 fully saturated rings. The molecule has 0 aromatic heterocycles. The fourth-order valence-electron chi connectivity index (χ4n) is 2.97.